The van der Waals surface area contributed by atoms with Gasteiger partial charge in [0.05, 0.1) is 6.10 Å². The lowest BCUT2D eigenvalue weighted by molar-refractivity contribution is 0.171. The number of aliphatic hydroxyl groups excluding tert-OH is 1. The molecule has 88 valence electrons. The van der Waals surface area contributed by atoms with Crippen LogP contribution in [0.5, 0.6) is 0 Å². The molecule has 1 unspecified atom stereocenters. The molecule has 1 atom stereocenters. The van der Waals surface area contributed by atoms with Crippen LogP contribution in [0.25, 0.3) is 0 Å². The van der Waals surface area contributed by atoms with Gasteiger partial charge in [-0.25, -0.2) is 0 Å². The van der Waals surface area contributed by atoms with Crippen molar-refractivity contribution in [2.45, 2.75) is 45.3 Å². The fraction of sp³-hybridized carbons (Fsp3) is 0.571. The highest BCUT2D eigenvalue weighted by atomic mass is 16.3. The number of aliphatic hydroxyl groups is 1. The highest BCUT2D eigenvalue weighted by Gasteiger charge is 2.21. The summed E-state index contributed by atoms with van der Waals surface area (Å²) in [7, 11) is 0. The first-order valence-electron chi connectivity index (χ1n) is 6.13. The van der Waals surface area contributed by atoms with Gasteiger partial charge in [-0.15, -0.1) is 0 Å². The van der Waals surface area contributed by atoms with Gasteiger partial charge in [-0.2, -0.15) is 0 Å². The first-order chi connectivity index (χ1) is 7.65. The van der Waals surface area contributed by atoms with E-state index in [1.54, 1.807) is 0 Å². The Morgan fingerprint density at radius 2 is 2.06 bits per heavy atom. The number of aryl methyl sites for hydroxylation is 2. The van der Waals surface area contributed by atoms with Gasteiger partial charge in [0.2, 0.25) is 0 Å². The molecule has 2 rings (SSSR count). The molecular formula is C14H21NO. The van der Waals surface area contributed by atoms with Crippen molar-refractivity contribution in [3.8, 4) is 0 Å². The summed E-state index contributed by atoms with van der Waals surface area (Å²) in [5.74, 6) is 0. The Kier molecular flexibility index (Phi) is 3.62. The zero-order chi connectivity index (χ0) is 11.5. The summed E-state index contributed by atoms with van der Waals surface area (Å²) in [6.07, 6.45) is 3.04. The summed E-state index contributed by atoms with van der Waals surface area (Å²) in [5, 5.41) is 13.2. The normalized spacial score (nSPS) is 17.4. The van der Waals surface area contributed by atoms with Crippen LogP contribution in [0.3, 0.4) is 0 Å². The summed E-state index contributed by atoms with van der Waals surface area (Å²) in [5.41, 5.74) is 3.85. The zero-order valence-electron chi connectivity index (χ0n) is 10.2. The van der Waals surface area contributed by atoms with Crippen LogP contribution in [0.15, 0.2) is 18.2 Å². The van der Waals surface area contributed by atoms with Crippen molar-refractivity contribution < 1.29 is 5.11 Å². The van der Waals surface area contributed by atoms with E-state index in [-0.39, 0.29) is 6.10 Å². The molecule has 0 aliphatic heterocycles. The van der Waals surface area contributed by atoms with Crippen molar-refractivity contribution >= 4 is 0 Å². The van der Waals surface area contributed by atoms with E-state index in [9.17, 15) is 5.11 Å². The van der Waals surface area contributed by atoms with Crippen LogP contribution in [0.2, 0.25) is 0 Å². The van der Waals surface area contributed by atoms with Gasteiger partial charge in [0, 0.05) is 12.6 Å². The van der Waals surface area contributed by atoms with Crippen molar-refractivity contribution in [1.29, 1.82) is 0 Å². The van der Waals surface area contributed by atoms with Crippen LogP contribution in [0.1, 0.15) is 29.5 Å². The molecule has 1 fully saturated rings. The van der Waals surface area contributed by atoms with Gasteiger partial charge in [0.25, 0.3) is 0 Å². The molecule has 1 saturated carbocycles. The summed E-state index contributed by atoms with van der Waals surface area (Å²) in [6.45, 7) is 4.95. The van der Waals surface area contributed by atoms with Crippen molar-refractivity contribution in [1.82, 2.24) is 5.32 Å². The lowest BCUT2D eigenvalue weighted by atomic mass is 10.0. The molecule has 1 aromatic carbocycles. The van der Waals surface area contributed by atoms with Gasteiger partial charge >= 0.3 is 0 Å². The standard InChI is InChI=1S/C14H21NO/c1-10-3-4-12(7-11(10)2)8-14(16)9-15-13-5-6-13/h3-4,7,13-16H,5-6,8-9H2,1-2H3. The fourth-order valence-electron chi connectivity index (χ4n) is 1.86. The molecule has 2 nitrogen and oxygen atoms in total. The second kappa shape index (κ2) is 4.98. The van der Waals surface area contributed by atoms with E-state index in [0.29, 0.717) is 6.04 Å². The topological polar surface area (TPSA) is 32.3 Å². The van der Waals surface area contributed by atoms with Crippen molar-refractivity contribution in [2.75, 3.05) is 6.54 Å². The monoisotopic (exact) mass is 219 g/mol. The van der Waals surface area contributed by atoms with Crippen molar-refractivity contribution in [2.24, 2.45) is 0 Å². The van der Waals surface area contributed by atoms with Crippen LogP contribution in [0.4, 0.5) is 0 Å². The molecule has 2 heteroatoms. The predicted molar refractivity (Wildman–Crippen MR) is 66.7 cm³/mol. The van der Waals surface area contributed by atoms with Gasteiger partial charge in [-0.3, -0.25) is 0 Å². The van der Waals surface area contributed by atoms with Gasteiger partial charge in [-0.05, 0) is 49.8 Å². The Balaban J connectivity index is 1.84. The highest BCUT2D eigenvalue weighted by molar-refractivity contribution is 5.30. The number of rotatable bonds is 5. The van der Waals surface area contributed by atoms with Crippen LogP contribution < -0.4 is 5.32 Å². The number of benzene rings is 1. The number of hydrogen-bond acceptors (Lipinski definition) is 2. The zero-order valence-corrected chi connectivity index (χ0v) is 10.2. The molecule has 1 aromatic rings. The van der Waals surface area contributed by atoms with E-state index in [1.165, 1.54) is 29.5 Å². The Labute approximate surface area is 97.7 Å². The smallest absolute Gasteiger partial charge is 0.0704 e. The summed E-state index contributed by atoms with van der Waals surface area (Å²) in [4.78, 5) is 0. The molecule has 1 aliphatic rings. The van der Waals surface area contributed by atoms with Crippen molar-refractivity contribution in [3.05, 3.63) is 34.9 Å². The van der Waals surface area contributed by atoms with Crippen LogP contribution in [0, 0.1) is 13.8 Å². The minimum atomic E-state index is -0.261. The van der Waals surface area contributed by atoms with E-state index in [2.05, 4.69) is 37.4 Å². The molecule has 0 amide bonds. The first kappa shape index (κ1) is 11.6. The predicted octanol–water partition coefficient (Wildman–Crippen LogP) is 1.96. The second-order valence-corrected chi connectivity index (χ2v) is 4.96. The average Bonchev–Trinajstić information content (AvgIpc) is 3.04. The molecule has 1 aliphatic carbocycles. The molecule has 0 saturated heterocycles. The molecule has 0 radical (unpaired) electrons. The molecule has 2 N–H and O–H groups in total. The third-order valence-electron chi connectivity index (χ3n) is 3.26. The fourth-order valence-corrected chi connectivity index (χ4v) is 1.86. The lowest BCUT2D eigenvalue weighted by Gasteiger charge is -2.12. The van der Waals surface area contributed by atoms with E-state index in [0.717, 1.165) is 13.0 Å². The third kappa shape index (κ3) is 3.32. The molecule has 0 aromatic heterocycles. The van der Waals surface area contributed by atoms with Gasteiger partial charge < -0.3 is 10.4 Å². The van der Waals surface area contributed by atoms with Gasteiger partial charge in [0.1, 0.15) is 0 Å². The lowest BCUT2D eigenvalue weighted by Crippen LogP contribution is -2.29. The van der Waals surface area contributed by atoms with E-state index < -0.39 is 0 Å². The Morgan fingerprint density at radius 3 is 2.69 bits per heavy atom. The van der Waals surface area contributed by atoms with E-state index in [1.807, 2.05) is 0 Å². The molecular weight excluding hydrogens is 198 g/mol. The Hall–Kier alpha value is -0.860. The minimum Gasteiger partial charge on any atom is -0.391 e. The molecule has 0 spiro atoms. The third-order valence-corrected chi connectivity index (χ3v) is 3.26. The molecule has 0 heterocycles. The minimum absolute atomic E-state index is 0.261. The van der Waals surface area contributed by atoms with E-state index >= 15 is 0 Å². The average molecular weight is 219 g/mol. The maximum atomic E-state index is 9.88. The number of hydrogen-bond donors (Lipinski definition) is 2. The van der Waals surface area contributed by atoms with Crippen LogP contribution in [-0.2, 0) is 6.42 Å². The van der Waals surface area contributed by atoms with Gasteiger partial charge in [-0.1, -0.05) is 18.2 Å². The maximum Gasteiger partial charge on any atom is 0.0704 e. The Morgan fingerprint density at radius 1 is 1.31 bits per heavy atom. The number of nitrogens with one attached hydrogen (secondary N) is 1. The molecule has 0 bridgehead atoms. The second-order valence-electron chi connectivity index (χ2n) is 4.96. The quantitative estimate of drug-likeness (QED) is 0.793. The largest absolute Gasteiger partial charge is 0.391 e. The maximum absolute atomic E-state index is 9.88. The Bertz CT molecular complexity index is 358. The van der Waals surface area contributed by atoms with E-state index in [4.69, 9.17) is 0 Å². The summed E-state index contributed by atoms with van der Waals surface area (Å²) in [6, 6.07) is 7.10. The molecule has 16 heavy (non-hydrogen) atoms. The highest BCUT2D eigenvalue weighted by Crippen LogP contribution is 2.18. The first-order valence-corrected chi connectivity index (χ1v) is 6.13. The van der Waals surface area contributed by atoms with Gasteiger partial charge in [0.15, 0.2) is 0 Å². The summed E-state index contributed by atoms with van der Waals surface area (Å²) < 4.78 is 0. The van der Waals surface area contributed by atoms with Crippen LogP contribution in [-0.4, -0.2) is 23.8 Å². The van der Waals surface area contributed by atoms with Crippen LogP contribution >= 0.6 is 0 Å². The SMILES string of the molecule is Cc1ccc(CC(O)CNC2CC2)cc1C. The van der Waals surface area contributed by atoms with Crippen molar-refractivity contribution in [3.63, 3.8) is 0 Å². The summed E-state index contributed by atoms with van der Waals surface area (Å²) >= 11 is 0.